The van der Waals surface area contributed by atoms with Gasteiger partial charge in [-0.2, -0.15) is 0 Å². The third kappa shape index (κ3) is 5.57. The minimum atomic E-state index is 1.07. The smallest absolute Gasteiger partial charge is 0.129 e. The summed E-state index contributed by atoms with van der Waals surface area (Å²) >= 11 is 0. The average Bonchev–Trinajstić information content (AvgIpc) is 2.68. The van der Waals surface area contributed by atoms with Crippen LogP contribution in [0.25, 0.3) is 0 Å². The Morgan fingerprint density at radius 2 is 1.88 bits per heavy atom. The summed E-state index contributed by atoms with van der Waals surface area (Å²) in [6, 6.07) is 15.3. The van der Waals surface area contributed by atoms with Crippen LogP contribution in [0, 0.1) is 0 Å². The maximum Gasteiger partial charge on any atom is 0.129 e. The van der Waals surface area contributed by atoms with Crippen molar-refractivity contribution in [3.63, 3.8) is 0 Å². The summed E-state index contributed by atoms with van der Waals surface area (Å²) < 4.78 is 0. The summed E-state index contributed by atoms with van der Waals surface area (Å²) in [5, 5.41) is 3.43. The predicted molar refractivity (Wildman–Crippen MR) is 106 cm³/mol. The topological polar surface area (TPSA) is 28.2 Å². The lowest BCUT2D eigenvalue weighted by atomic mass is 10.1. The number of nitrogens with one attached hydrogen (secondary N) is 1. The summed E-state index contributed by atoms with van der Waals surface area (Å²) in [5.41, 5.74) is 4.06. The van der Waals surface area contributed by atoms with Gasteiger partial charge in [-0.25, -0.2) is 4.98 Å². The van der Waals surface area contributed by atoms with Gasteiger partial charge in [-0.1, -0.05) is 43.3 Å². The fourth-order valence-corrected chi connectivity index (χ4v) is 3.51. The van der Waals surface area contributed by atoms with Gasteiger partial charge in [-0.15, -0.1) is 0 Å². The number of nitrogens with zero attached hydrogens (tertiary/aromatic N) is 2. The van der Waals surface area contributed by atoms with Crippen LogP contribution in [0.3, 0.4) is 0 Å². The molecule has 1 aliphatic rings. The lowest BCUT2D eigenvalue weighted by Crippen LogP contribution is -2.27. The van der Waals surface area contributed by atoms with Crippen molar-refractivity contribution in [3.8, 4) is 0 Å². The molecular weight excluding hydrogens is 306 g/mol. The molecule has 0 fully saturated rings. The average molecular weight is 338 g/mol. The molecule has 3 rings (SSSR count). The Morgan fingerprint density at radius 1 is 1.00 bits per heavy atom. The van der Waals surface area contributed by atoms with Gasteiger partial charge in [-0.05, 0) is 68.8 Å². The van der Waals surface area contributed by atoms with Gasteiger partial charge in [0.15, 0.2) is 0 Å². The molecule has 25 heavy (non-hydrogen) atoms. The zero-order valence-electron chi connectivity index (χ0n) is 15.5. The molecule has 2 heterocycles. The van der Waals surface area contributed by atoms with E-state index in [-0.39, 0.29) is 0 Å². The van der Waals surface area contributed by atoms with Crippen molar-refractivity contribution in [2.45, 2.75) is 45.4 Å². The van der Waals surface area contributed by atoms with E-state index in [1.165, 1.54) is 49.0 Å². The predicted octanol–water partition coefficient (Wildman–Crippen LogP) is 4.33. The number of hydrogen-bond donors (Lipinski definition) is 1. The highest BCUT2D eigenvalue weighted by molar-refractivity contribution is 5.46. The first kappa shape index (κ1) is 17.9. The number of benzene rings is 1. The molecule has 1 aromatic carbocycles. The van der Waals surface area contributed by atoms with Gasteiger partial charge in [0.2, 0.25) is 0 Å². The van der Waals surface area contributed by atoms with Crippen molar-refractivity contribution < 1.29 is 0 Å². The van der Waals surface area contributed by atoms with E-state index in [0.717, 1.165) is 38.3 Å². The quantitative estimate of drug-likeness (QED) is 0.691. The Labute approximate surface area is 152 Å². The number of hydrogen-bond acceptors (Lipinski definition) is 3. The zero-order chi connectivity index (χ0) is 17.3. The number of likely N-dealkylation sites (N-methyl/N-ethyl adjacent to an activating group) is 1. The van der Waals surface area contributed by atoms with Crippen molar-refractivity contribution in [2.24, 2.45) is 0 Å². The maximum absolute atomic E-state index is 4.80. The van der Waals surface area contributed by atoms with Crippen LogP contribution in [0.1, 0.15) is 43.0 Å². The number of rotatable bonds is 9. The van der Waals surface area contributed by atoms with E-state index in [4.69, 9.17) is 4.98 Å². The Bertz CT molecular complexity index is 639. The summed E-state index contributed by atoms with van der Waals surface area (Å²) in [5.74, 6) is 1.13. The summed E-state index contributed by atoms with van der Waals surface area (Å²) in [6.45, 7) is 6.81. The van der Waals surface area contributed by atoms with E-state index < -0.39 is 0 Å². The van der Waals surface area contributed by atoms with Gasteiger partial charge in [0.1, 0.15) is 5.82 Å². The molecule has 134 valence electrons. The second-order valence-electron chi connectivity index (χ2n) is 6.97. The third-order valence-electron chi connectivity index (χ3n) is 5.12. The largest absolute Gasteiger partial charge is 0.370 e. The monoisotopic (exact) mass is 337 g/mol. The van der Waals surface area contributed by atoms with Gasteiger partial charge in [0, 0.05) is 18.8 Å². The van der Waals surface area contributed by atoms with Gasteiger partial charge in [0.05, 0.1) is 0 Å². The number of aryl methyl sites for hydroxylation is 2. The first-order valence-electron chi connectivity index (χ1n) is 9.84. The number of pyridine rings is 1. The molecular formula is C22H31N3. The Balaban J connectivity index is 1.38. The number of anilines is 1. The second-order valence-corrected chi connectivity index (χ2v) is 6.97. The Morgan fingerprint density at radius 3 is 2.72 bits per heavy atom. The summed E-state index contributed by atoms with van der Waals surface area (Å²) in [6.07, 6.45) is 7.09. The maximum atomic E-state index is 4.80. The molecule has 2 aromatic rings. The SMILES string of the molecule is CCN(CCCCc1ccc2c(n1)NCCC2)CCc1ccccc1. The van der Waals surface area contributed by atoms with Crippen LogP contribution in [-0.2, 0) is 19.3 Å². The van der Waals surface area contributed by atoms with E-state index in [9.17, 15) is 0 Å². The number of aromatic nitrogens is 1. The third-order valence-corrected chi connectivity index (χ3v) is 5.12. The Hall–Kier alpha value is -1.87. The molecule has 1 aromatic heterocycles. The molecule has 1 aliphatic heterocycles. The molecule has 0 bridgehead atoms. The molecule has 3 heteroatoms. The molecule has 1 N–H and O–H groups in total. The number of unbranched alkanes of at least 4 members (excludes halogenated alkanes) is 1. The van der Waals surface area contributed by atoms with Crippen molar-refractivity contribution >= 4 is 5.82 Å². The van der Waals surface area contributed by atoms with Crippen LogP contribution in [0.4, 0.5) is 5.82 Å². The molecule has 0 spiro atoms. The molecule has 0 saturated heterocycles. The van der Waals surface area contributed by atoms with Crippen LogP contribution in [0.5, 0.6) is 0 Å². The van der Waals surface area contributed by atoms with Gasteiger partial charge in [0.25, 0.3) is 0 Å². The highest BCUT2D eigenvalue weighted by Gasteiger charge is 2.10. The van der Waals surface area contributed by atoms with Crippen LogP contribution in [0.15, 0.2) is 42.5 Å². The number of fused-ring (bicyclic) bond motifs is 1. The van der Waals surface area contributed by atoms with Crippen LogP contribution in [-0.4, -0.2) is 36.1 Å². The fraction of sp³-hybridized carbons (Fsp3) is 0.500. The van der Waals surface area contributed by atoms with E-state index in [1.54, 1.807) is 0 Å². The van der Waals surface area contributed by atoms with Crippen molar-refractivity contribution in [2.75, 3.05) is 31.5 Å². The lowest BCUT2D eigenvalue weighted by molar-refractivity contribution is 0.285. The van der Waals surface area contributed by atoms with Crippen LogP contribution < -0.4 is 5.32 Å². The van der Waals surface area contributed by atoms with Crippen molar-refractivity contribution in [1.29, 1.82) is 0 Å². The van der Waals surface area contributed by atoms with Gasteiger partial charge < -0.3 is 10.2 Å². The molecule has 0 amide bonds. The first-order chi connectivity index (χ1) is 12.3. The minimum Gasteiger partial charge on any atom is -0.370 e. The second kappa shape index (κ2) is 9.57. The molecule has 0 saturated carbocycles. The van der Waals surface area contributed by atoms with E-state index in [2.05, 4.69) is 59.6 Å². The summed E-state index contributed by atoms with van der Waals surface area (Å²) in [7, 11) is 0. The fourth-order valence-electron chi connectivity index (χ4n) is 3.51. The standard InChI is InChI=1S/C22H31N3/c1-2-25(18-15-19-9-4-3-5-10-19)17-7-6-12-21-14-13-20-11-8-16-23-22(20)24-21/h3-5,9-10,13-14H,2,6-8,11-12,15-18H2,1H3,(H,23,24). The van der Waals surface area contributed by atoms with Crippen molar-refractivity contribution in [3.05, 3.63) is 59.3 Å². The molecule has 0 atom stereocenters. The first-order valence-corrected chi connectivity index (χ1v) is 9.84. The van der Waals surface area contributed by atoms with E-state index >= 15 is 0 Å². The van der Waals surface area contributed by atoms with Crippen molar-refractivity contribution in [1.82, 2.24) is 9.88 Å². The Kier molecular flexibility index (Phi) is 6.87. The highest BCUT2D eigenvalue weighted by atomic mass is 15.1. The van der Waals surface area contributed by atoms with Gasteiger partial charge in [-0.3, -0.25) is 0 Å². The molecule has 3 nitrogen and oxygen atoms in total. The molecule has 0 unspecified atom stereocenters. The lowest BCUT2D eigenvalue weighted by Gasteiger charge is -2.20. The van der Waals surface area contributed by atoms with E-state index in [0.29, 0.717) is 0 Å². The van der Waals surface area contributed by atoms with Crippen LogP contribution >= 0.6 is 0 Å². The zero-order valence-corrected chi connectivity index (χ0v) is 15.5. The highest BCUT2D eigenvalue weighted by Crippen LogP contribution is 2.20. The molecule has 0 radical (unpaired) electrons. The summed E-state index contributed by atoms with van der Waals surface area (Å²) in [4.78, 5) is 7.37. The van der Waals surface area contributed by atoms with Crippen LogP contribution in [0.2, 0.25) is 0 Å². The minimum absolute atomic E-state index is 1.07. The normalized spacial score (nSPS) is 13.5. The van der Waals surface area contributed by atoms with Gasteiger partial charge >= 0.3 is 0 Å². The van der Waals surface area contributed by atoms with E-state index in [1.807, 2.05) is 0 Å². The molecule has 0 aliphatic carbocycles.